The molecule has 4 nitrogen and oxygen atoms in total. The number of hydrogen-bond acceptors (Lipinski definition) is 2. The third-order valence-corrected chi connectivity index (χ3v) is 5.46. The van der Waals surface area contributed by atoms with E-state index in [-0.39, 0.29) is 11.9 Å². The minimum Gasteiger partial charge on any atom is -0.346 e. The standard InChI is InChI=1S/C27H27N3O/c1-20-11-6-7-15-23(20)19-26(31)28-21(2)27-29-24-16-8-9-17-25(24)30(27)18-10-14-22-12-4-3-5-13-22/h3-17,21H,18-19H2,1-2H3,(H,28,31)/b14-10+. The fraction of sp³-hybridized carbons (Fsp3) is 0.185. The van der Waals surface area contributed by atoms with Crippen molar-refractivity contribution in [2.75, 3.05) is 0 Å². The number of para-hydroxylation sites is 2. The first-order chi connectivity index (χ1) is 15.1. The molecule has 0 saturated carbocycles. The summed E-state index contributed by atoms with van der Waals surface area (Å²) >= 11 is 0. The summed E-state index contributed by atoms with van der Waals surface area (Å²) in [5.74, 6) is 0.859. The second-order valence-corrected chi connectivity index (χ2v) is 7.77. The normalized spacial score (nSPS) is 12.3. The molecule has 0 aliphatic rings. The van der Waals surface area contributed by atoms with Crippen LogP contribution in [0.5, 0.6) is 0 Å². The van der Waals surface area contributed by atoms with E-state index in [0.29, 0.717) is 13.0 Å². The molecule has 0 saturated heterocycles. The van der Waals surface area contributed by atoms with E-state index in [0.717, 1.165) is 33.5 Å². The van der Waals surface area contributed by atoms with E-state index in [1.165, 1.54) is 0 Å². The number of allylic oxidation sites excluding steroid dienone is 1. The number of benzene rings is 3. The van der Waals surface area contributed by atoms with Crippen molar-refractivity contribution in [2.24, 2.45) is 0 Å². The quantitative estimate of drug-likeness (QED) is 0.439. The molecule has 0 aliphatic carbocycles. The second kappa shape index (κ2) is 9.43. The van der Waals surface area contributed by atoms with Gasteiger partial charge in [0.2, 0.25) is 5.91 Å². The van der Waals surface area contributed by atoms with Gasteiger partial charge in [-0.3, -0.25) is 4.79 Å². The van der Waals surface area contributed by atoms with Crippen LogP contribution < -0.4 is 5.32 Å². The van der Waals surface area contributed by atoms with Crippen molar-refractivity contribution in [1.82, 2.24) is 14.9 Å². The molecule has 0 radical (unpaired) electrons. The van der Waals surface area contributed by atoms with Crippen LogP contribution >= 0.6 is 0 Å². The minimum atomic E-state index is -0.200. The number of nitrogens with one attached hydrogen (secondary N) is 1. The van der Waals surface area contributed by atoms with E-state index in [2.05, 4.69) is 40.2 Å². The number of nitrogens with zero attached hydrogens (tertiary/aromatic N) is 2. The van der Waals surface area contributed by atoms with E-state index in [4.69, 9.17) is 4.98 Å². The molecule has 0 fully saturated rings. The topological polar surface area (TPSA) is 46.9 Å². The number of carbonyl (C=O) groups excluding carboxylic acids is 1. The number of amides is 1. The number of carbonyl (C=O) groups is 1. The monoisotopic (exact) mass is 409 g/mol. The maximum Gasteiger partial charge on any atom is 0.225 e. The van der Waals surface area contributed by atoms with Gasteiger partial charge in [-0.25, -0.2) is 4.98 Å². The van der Waals surface area contributed by atoms with Crippen LogP contribution in [0.1, 0.15) is 35.5 Å². The fourth-order valence-corrected chi connectivity index (χ4v) is 3.81. The molecular formula is C27H27N3O. The third kappa shape index (κ3) is 4.92. The molecular weight excluding hydrogens is 382 g/mol. The lowest BCUT2D eigenvalue weighted by Gasteiger charge is -2.16. The van der Waals surface area contributed by atoms with Crippen molar-refractivity contribution in [1.29, 1.82) is 0 Å². The lowest BCUT2D eigenvalue weighted by Crippen LogP contribution is -2.30. The number of aromatic nitrogens is 2. The molecule has 0 aliphatic heterocycles. The van der Waals surface area contributed by atoms with Gasteiger partial charge in [0.1, 0.15) is 5.82 Å². The van der Waals surface area contributed by atoms with Crippen LogP contribution in [0.2, 0.25) is 0 Å². The molecule has 4 rings (SSSR count). The number of rotatable bonds is 7. The van der Waals surface area contributed by atoms with Gasteiger partial charge in [0.05, 0.1) is 23.5 Å². The van der Waals surface area contributed by atoms with E-state index in [1.807, 2.05) is 74.5 Å². The average molecular weight is 410 g/mol. The number of imidazole rings is 1. The van der Waals surface area contributed by atoms with Crippen molar-refractivity contribution in [3.8, 4) is 0 Å². The Hall–Kier alpha value is -3.66. The predicted octanol–water partition coefficient (Wildman–Crippen LogP) is 5.48. The van der Waals surface area contributed by atoms with E-state index < -0.39 is 0 Å². The summed E-state index contributed by atoms with van der Waals surface area (Å²) in [6, 6.07) is 26.1. The maximum atomic E-state index is 12.7. The van der Waals surface area contributed by atoms with Gasteiger partial charge in [0, 0.05) is 6.54 Å². The number of hydrogen-bond donors (Lipinski definition) is 1. The molecule has 1 aromatic heterocycles. The van der Waals surface area contributed by atoms with Crippen LogP contribution in [0.25, 0.3) is 17.1 Å². The Bertz CT molecular complexity index is 1210. The highest BCUT2D eigenvalue weighted by atomic mass is 16.1. The summed E-state index contributed by atoms with van der Waals surface area (Å²) in [4.78, 5) is 17.5. The van der Waals surface area contributed by atoms with Gasteiger partial charge in [0.25, 0.3) is 0 Å². The van der Waals surface area contributed by atoms with Crippen LogP contribution in [0.15, 0.2) is 84.9 Å². The zero-order valence-corrected chi connectivity index (χ0v) is 18.0. The molecule has 4 heteroatoms. The first kappa shape index (κ1) is 20.6. The Morgan fingerprint density at radius 3 is 2.52 bits per heavy atom. The molecule has 4 aromatic rings. The molecule has 0 bridgehead atoms. The summed E-state index contributed by atoms with van der Waals surface area (Å²) in [5, 5.41) is 3.13. The summed E-state index contributed by atoms with van der Waals surface area (Å²) < 4.78 is 2.17. The first-order valence-corrected chi connectivity index (χ1v) is 10.6. The van der Waals surface area contributed by atoms with Crippen molar-refractivity contribution >= 4 is 23.0 Å². The molecule has 1 N–H and O–H groups in total. The van der Waals surface area contributed by atoms with Crippen molar-refractivity contribution in [3.05, 3.63) is 107 Å². The van der Waals surface area contributed by atoms with Gasteiger partial charge in [-0.05, 0) is 42.7 Å². The lowest BCUT2D eigenvalue weighted by atomic mass is 10.1. The summed E-state index contributed by atoms with van der Waals surface area (Å²) in [6.45, 7) is 4.71. The maximum absolute atomic E-state index is 12.7. The Kier molecular flexibility index (Phi) is 6.27. The van der Waals surface area contributed by atoms with Crippen LogP contribution in [-0.4, -0.2) is 15.5 Å². The summed E-state index contributed by atoms with van der Waals surface area (Å²) in [6.07, 6.45) is 4.61. The highest BCUT2D eigenvalue weighted by molar-refractivity contribution is 5.80. The van der Waals surface area contributed by atoms with Crippen molar-refractivity contribution in [3.63, 3.8) is 0 Å². The zero-order valence-electron chi connectivity index (χ0n) is 18.0. The molecule has 1 amide bonds. The molecule has 3 aromatic carbocycles. The van der Waals surface area contributed by atoms with E-state index in [1.54, 1.807) is 0 Å². The lowest BCUT2D eigenvalue weighted by molar-refractivity contribution is -0.121. The Morgan fingerprint density at radius 1 is 1.00 bits per heavy atom. The first-order valence-electron chi connectivity index (χ1n) is 10.6. The highest BCUT2D eigenvalue weighted by Gasteiger charge is 2.18. The fourth-order valence-electron chi connectivity index (χ4n) is 3.81. The van der Waals surface area contributed by atoms with Gasteiger partial charge in [-0.1, -0.05) is 78.9 Å². The summed E-state index contributed by atoms with van der Waals surface area (Å²) in [7, 11) is 0. The molecule has 156 valence electrons. The van der Waals surface area contributed by atoms with Gasteiger partial charge in [-0.15, -0.1) is 0 Å². The zero-order chi connectivity index (χ0) is 21.6. The molecule has 0 spiro atoms. The van der Waals surface area contributed by atoms with Crippen molar-refractivity contribution < 1.29 is 4.79 Å². The van der Waals surface area contributed by atoms with Gasteiger partial charge >= 0.3 is 0 Å². The van der Waals surface area contributed by atoms with Crippen molar-refractivity contribution in [2.45, 2.75) is 32.9 Å². The third-order valence-electron chi connectivity index (χ3n) is 5.46. The SMILES string of the molecule is Cc1ccccc1CC(=O)NC(C)c1nc2ccccc2n1C/C=C/c1ccccc1. The Morgan fingerprint density at radius 2 is 1.71 bits per heavy atom. The minimum absolute atomic E-state index is 0.000216. The number of fused-ring (bicyclic) bond motifs is 1. The predicted molar refractivity (Wildman–Crippen MR) is 127 cm³/mol. The van der Waals surface area contributed by atoms with E-state index in [9.17, 15) is 4.79 Å². The van der Waals surface area contributed by atoms with Gasteiger partial charge in [0.15, 0.2) is 0 Å². The van der Waals surface area contributed by atoms with Gasteiger partial charge < -0.3 is 9.88 Å². The number of aryl methyl sites for hydroxylation is 1. The highest BCUT2D eigenvalue weighted by Crippen LogP contribution is 2.21. The van der Waals surface area contributed by atoms with Crippen LogP contribution in [0.4, 0.5) is 0 Å². The van der Waals surface area contributed by atoms with Crippen LogP contribution in [0, 0.1) is 6.92 Å². The van der Waals surface area contributed by atoms with E-state index >= 15 is 0 Å². The molecule has 1 unspecified atom stereocenters. The molecule has 1 atom stereocenters. The van der Waals surface area contributed by atoms with Crippen LogP contribution in [-0.2, 0) is 17.8 Å². The average Bonchev–Trinajstić information content (AvgIpc) is 3.15. The van der Waals surface area contributed by atoms with Crippen LogP contribution in [0.3, 0.4) is 0 Å². The molecule has 1 heterocycles. The Labute approximate surface area is 183 Å². The molecule has 31 heavy (non-hydrogen) atoms. The largest absolute Gasteiger partial charge is 0.346 e. The Balaban J connectivity index is 1.54. The second-order valence-electron chi connectivity index (χ2n) is 7.77. The van der Waals surface area contributed by atoms with Gasteiger partial charge in [-0.2, -0.15) is 0 Å². The smallest absolute Gasteiger partial charge is 0.225 e. The summed E-state index contributed by atoms with van der Waals surface area (Å²) in [5.41, 5.74) is 5.34.